The van der Waals surface area contributed by atoms with E-state index in [1.807, 2.05) is 0 Å². The zero-order valence-electron chi connectivity index (χ0n) is 8.80. The molecule has 17 heavy (non-hydrogen) atoms. The topological polar surface area (TPSA) is 80.4 Å². The highest BCUT2D eigenvalue weighted by Gasteiger charge is 2.13. The second kappa shape index (κ2) is 6.00. The van der Waals surface area contributed by atoms with E-state index in [4.69, 9.17) is 16.7 Å². The highest BCUT2D eigenvalue weighted by atomic mass is 35.5. The third-order valence-corrected chi connectivity index (χ3v) is 2.27. The monoisotopic (exact) mass is 255 g/mol. The number of non-ortho nitro benzene ring substituents is 1. The molecule has 0 aromatic heterocycles. The predicted octanol–water partition coefficient (Wildman–Crippen LogP) is 2.94. The van der Waals surface area contributed by atoms with Crippen LogP contribution in [-0.2, 0) is 0 Å². The third kappa shape index (κ3) is 3.57. The van der Waals surface area contributed by atoms with Crippen molar-refractivity contribution in [2.45, 2.75) is 6.42 Å². The average Bonchev–Trinajstić information content (AvgIpc) is 2.28. The van der Waals surface area contributed by atoms with Crippen molar-refractivity contribution in [1.29, 1.82) is 0 Å². The second-order valence-corrected chi connectivity index (χ2v) is 3.59. The number of carboxylic acids is 1. The van der Waals surface area contributed by atoms with Crippen LogP contribution in [0.3, 0.4) is 0 Å². The highest BCUT2D eigenvalue weighted by molar-refractivity contribution is 6.17. The molecule has 0 bridgehead atoms. The van der Waals surface area contributed by atoms with Crippen molar-refractivity contribution in [3.63, 3.8) is 0 Å². The normalized spacial score (nSPS) is 10.6. The van der Waals surface area contributed by atoms with Gasteiger partial charge in [0.1, 0.15) is 0 Å². The molecular weight excluding hydrogens is 246 g/mol. The van der Waals surface area contributed by atoms with Gasteiger partial charge in [-0.3, -0.25) is 10.1 Å². The molecule has 0 atom stereocenters. The van der Waals surface area contributed by atoms with E-state index in [0.717, 1.165) is 0 Å². The van der Waals surface area contributed by atoms with E-state index in [-0.39, 0.29) is 11.3 Å². The van der Waals surface area contributed by atoms with Crippen molar-refractivity contribution in [2.75, 3.05) is 5.88 Å². The summed E-state index contributed by atoms with van der Waals surface area (Å²) in [5.41, 5.74) is 0.193. The Hall–Kier alpha value is -1.88. The van der Waals surface area contributed by atoms with Crippen LogP contribution in [0.2, 0.25) is 0 Å². The van der Waals surface area contributed by atoms with Gasteiger partial charge in [-0.25, -0.2) is 4.79 Å². The number of nitrogens with zero attached hydrogens (tertiary/aromatic N) is 1. The second-order valence-electron chi connectivity index (χ2n) is 3.21. The molecule has 0 spiro atoms. The number of allylic oxidation sites excluding steroid dienone is 1. The molecule has 0 fully saturated rings. The molecule has 0 saturated carbocycles. The summed E-state index contributed by atoms with van der Waals surface area (Å²) in [6.45, 7) is 0. The molecule has 90 valence electrons. The van der Waals surface area contributed by atoms with E-state index in [1.165, 1.54) is 24.3 Å². The first-order valence-corrected chi connectivity index (χ1v) is 5.34. The van der Waals surface area contributed by atoms with Gasteiger partial charge in [-0.05, 0) is 18.1 Å². The van der Waals surface area contributed by atoms with E-state index >= 15 is 0 Å². The van der Waals surface area contributed by atoms with Crippen LogP contribution in [-0.4, -0.2) is 21.9 Å². The maximum atomic E-state index is 10.9. The Morgan fingerprint density at radius 1 is 1.53 bits per heavy atom. The number of benzene rings is 1. The molecular formula is C11H10ClNO4. The molecule has 0 saturated heterocycles. The molecule has 0 radical (unpaired) electrons. The van der Waals surface area contributed by atoms with Crippen molar-refractivity contribution >= 4 is 29.3 Å². The quantitative estimate of drug-likeness (QED) is 0.498. The predicted molar refractivity (Wildman–Crippen MR) is 64.4 cm³/mol. The molecule has 0 aliphatic carbocycles. The van der Waals surface area contributed by atoms with Gasteiger partial charge in [0.25, 0.3) is 5.69 Å². The fourth-order valence-corrected chi connectivity index (χ4v) is 1.40. The van der Waals surface area contributed by atoms with Crippen molar-refractivity contribution in [3.8, 4) is 0 Å². The van der Waals surface area contributed by atoms with Gasteiger partial charge in [-0.1, -0.05) is 12.2 Å². The number of aromatic carboxylic acids is 1. The molecule has 5 nitrogen and oxygen atoms in total. The fraction of sp³-hybridized carbons (Fsp3) is 0.182. The van der Waals surface area contributed by atoms with Crippen LogP contribution >= 0.6 is 11.6 Å². The Morgan fingerprint density at radius 3 is 2.76 bits per heavy atom. The van der Waals surface area contributed by atoms with Gasteiger partial charge in [-0.2, -0.15) is 0 Å². The fourth-order valence-electron chi connectivity index (χ4n) is 1.27. The number of hydrogen-bond acceptors (Lipinski definition) is 3. The molecule has 0 amide bonds. The number of hydrogen-bond donors (Lipinski definition) is 1. The average molecular weight is 256 g/mol. The van der Waals surface area contributed by atoms with E-state index in [0.29, 0.717) is 17.9 Å². The van der Waals surface area contributed by atoms with Gasteiger partial charge in [0, 0.05) is 18.0 Å². The summed E-state index contributed by atoms with van der Waals surface area (Å²) in [5, 5.41) is 19.5. The lowest BCUT2D eigenvalue weighted by molar-refractivity contribution is -0.384. The van der Waals surface area contributed by atoms with Crippen LogP contribution in [0, 0.1) is 10.1 Å². The lowest BCUT2D eigenvalue weighted by Gasteiger charge is -2.00. The summed E-state index contributed by atoms with van der Waals surface area (Å²) < 4.78 is 0. The lowest BCUT2D eigenvalue weighted by atomic mass is 10.1. The van der Waals surface area contributed by atoms with Gasteiger partial charge in [-0.15, -0.1) is 11.6 Å². The van der Waals surface area contributed by atoms with Crippen LogP contribution in [0.5, 0.6) is 0 Å². The minimum absolute atomic E-state index is 0.0291. The van der Waals surface area contributed by atoms with Gasteiger partial charge >= 0.3 is 5.97 Å². The minimum Gasteiger partial charge on any atom is -0.478 e. The van der Waals surface area contributed by atoms with Gasteiger partial charge in [0.2, 0.25) is 0 Å². The van der Waals surface area contributed by atoms with Gasteiger partial charge < -0.3 is 5.11 Å². The van der Waals surface area contributed by atoms with Crippen molar-refractivity contribution in [3.05, 3.63) is 45.5 Å². The van der Waals surface area contributed by atoms with E-state index in [2.05, 4.69) is 0 Å². The van der Waals surface area contributed by atoms with E-state index < -0.39 is 10.9 Å². The lowest BCUT2D eigenvalue weighted by Crippen LogP contribution is -2.00. The number of alkyl halides is 1. The highest BCUT2D eigenvalue weighted by Crippen LogP contribution is 2.19. The summed E-state index contributed by atoms with van der Waals surface area (Å²) in [6, 6.07) is 3.62. The number of halogens is 1. The largest absolute Gasteiger partial charge is 0.478 e. The maximum Gasteiger partial charge on any atom is 0.336 e. The molecule has 1 aromatic rings. The van der Waals surface area contributed by atoms with Crippen LogP contribution in [0.4, 0.5) is 5.69 Å². The van der Waals surface area contributed by atoms with Crippen molar-refractivity contribution in [1.82, 2.24) is 0 Å². The van der Waals surface area contributed by atoms with Crippen molar-refractivity contribution < 1.29 is 14.8 Å². The summed E-state index contributed by atoms with van der Waals surface area (Å²) in [4.78, 5) is 20.9. The summed E-state index contributed by atoms with van der Waals surface area (Å²) in [7, 11) is 0. The standard InChI is InChI=1S/C11H10ClNO4/c12-6-2-1-3-8-7-9(13(16)17)4-5-10(8)11(14)15/h1,3-5,7H,2,6H2,(H,14,15). The van der Waals surface area contributed by atoms with Crippen LogP contribution in [0.1, 0.15) is 22.3 Å². The number of rotatable bonds is 5. The molecule has 0 aliphatic heterocycles. The van der Waals surface area contributed by atoms with Crippen LogP contribution < -0.4 is 0 Å². The summed E-state index contributed by atoms with van der Waals surface area (Å²) in [5.74, 6) is -0.709. The Bertz CT molecular complexity index is 471. The Morgan fingerprint density at radius 2 is 2.24 bits per heavy atom. The van der Waals surface area contributed by atoms with Gasteiger partial charge in [0.15, 0.2) is 0 Å². The Labute approximate surface area is 102 Å². The number of nitro groups is 1. The third-order valence-electron chi connectivity index (χ3n) is 2.05. The Balaban J connectivity index is 3.16. The number of nitro benzene ring substituents is 1. The Kier molecular flexibility index (Phi) is 4.66. The molecule has 6 heteroatoms. The van der Waals surface area contributed by atoms with E-state index in [9.17, 15) is 14.9 Å². The molecule has 1 aromatic carbocycles. The SMILES string of the molecule is O=C(O)c1ccc([N+](=O)[O-])cc1C=CCCCl. The van der Waals surface area contributed by atoms with E-state index in [1.54, 1.807) is 6.08 Å². The molecule has 0 aliphatic rings. The smallest absolute Gasteiger partial charge is 0.336 e. The molecule has 1 N–H and O–H groups in total. The summed E-state index contributed by atoms with van der Waals surface area (Å²) in [6.07, 6.45) is 3.78. The zero-order valence-corrected chi connectivity index (χ0v) is 9.55. The maximum absolute atomic E-state index is 10.9. The van der Waals surface area contributed by atoms with Crippen LogP contribution in [0.25, 0.3) is 6.08 Å². The molecule has 1 rings (SSSR count). The minimum atomic E-state index is -1.12. The summed E-state index contributed by atoms with van der Waals surface area (Å²) >= 11 is 5.48. The van der Waals surface area contributed by atoms with Crippen molar-refractivity contribution in [2.24, 2.45) is 0 Å². The van der Waals surface area contributed by atoms with Gasteiger partial charge in [0.05, 0.1) is 10.5 Å². The molecule has 0 heterocycles. The first kappa shape index (κ1) is 13.2. The zero-order chi connectivity index (χ0) is 12.8. The number of carboxylic acid groups (broad SMARTS) is 1. The first-order valence-electron chi connectivity index (χ1n) is 4.80. The molecule has 0 unspecified atom stereocenters. The first-order chi connectivity index (χ1) is 8.06. The number of carbonyl (C=O) groups is 1. The van der Waals surface area contributed by atoms with Crippen LogP contribution in [0.15, 0.2) is 24.3 Å².